The smallest absolute Gasteiger partial charge is 0.335 e. The third kappa shape index (κ3) is 6.15. The average molecular weight is 453 g/mol. The van der Waals surface area contributed by atoms with Gasteiger partial charge in [0.2, 0.25) is 0 Å². The third-order valence-corrected chi connectivity index (χ3v) is 5.55. The second-order valence-corrected chi connectivity index (χ2v) is 8.03. The first-order chi connectivity index (χ1) is 16.0. The quantitative estimate of drug-likeness (QED) is 0.625. The molecule has 0 aromatic heterocycles. The molecule has 4 rings (SSSR count). The monoisotopic (exact) mass is 453 g/mol. The molecule has 0 spiro atoms. The van der Waals surface area contributed by atoms with Crippen molar-refractivity contribution in [3.05, 3.63) is 100 Å². The van der Waals surface area contributed by atoms with Gasteiger partial charge in [-0.05, 0) is 41.0 Å². The molecule has 172 valence electrons. The fraction of sp³-hybridized carbons (Fsp3) is 0.269. The first-order valence-electron chi connectivity index (χ1n) is 10.8. The van der Waals surface area contributed by atoms with Crippen LogP contribution < -0.4 is 4.74 Å². The zero-order valence-electron chi connectivity index (χ0n) is 18.1. The molecule has 0 atom stereocenters. The molecule has 0 amide bonds. The number of hydrogen-bond donors (Lipinski definition) is 1. The van der Waals surface area contributed by atoms with Gasteiger partial charge < -0.3 is 14.6 Å². The standard InChI is InChI=1S/C26H25F2NO4/c27-23-6-4-21(24(28)15-23)17-29-8-9-32-10-11-33-25-7-5-20(26(30)31)14-22(25)13-18-2-1-3-19(12-18)16-29/h1-7,12,14-15H,8-11,13,16-17H2,(H,30,31). The largest absolute Gasteiger partial charge is 0.491 e. The van der Waals surface area contributed by atoms with E-state index in [1.165, 1.54) is 18.2 Å². The molecule has 1 heterocycles. The second kappa shape index (κ2) is 10.6. The highest BCUT2D eigenvalue weighted by Crippen LogP contribution is 2.25. The minimum Gasteiger partial charge on any atom is -0.491 e. The zero-order valence-corrected chi connectivity index (χ0v) is 18.1. The van der Waals surface area contributed by atoms with Crippen molar-refractivity contribution < 1.29 is 28.2 Å². The molecule has 1 aliphatic heterocycles. The molecule has 0 radical (unpaired) electrons. The molecule has 0 unspecified atom stereocenters. The molecule has 1 aliphatic rings. The van der Waals surface area contributed by atoms with Gasteiger partial charge in [-0.3, -0.25) is 4.90 Å². The SMILES string of the molecule is O=C(O)c1ccc2c(c1)Cc1cccc(c1)CN(Cc1ccc(F)cc1F)CCOCCO2. The lowest BCUT2D eigenvalue weighted by molar-refractivity contribution is 0.0695. The number of nitrogens with zero attached hydrogens (tertiary/aromatic N) is 1. The van der Waals surface area contributed by atoms with Crippen molar-refractivity contribution in [2.45, 2.75) is 19.5 Å². The summed E-state index contributed by atoms with van der Waals surface area (Å²) >= 11 is 0. The van der Waals surface area contributed by atoms with Crippen molar-refractivity contribution in [3.63, 3.8) is 0 Å². The molecular formula is C26H25F2NO4. The van der Waals surface area contributed by atoms with E-state index in [4.69, 9.17) is 9.47 Å². The number of hydrogen-bond acceptors (Lipinski definition) is 4. The van der Waals surface area contributed by atoms with Gasteiger partial charge >= 0.3 is 5.97 Å². The number of ether oxygens (including phenoxy) is 2. The normalized spacial score (nSPS) is 15.2. The Morgan fingerprint density at radius 1 is 0.970 bits per heavy atom. The van der Waals surface area contributed by atoms with E-state index in [0.717, 1.165) is 22.8 Å². The van der Waals surface area contributed by atoms with Crippen molar-refractivity contribution in [1.29, 1.82) is 0 Å². The van der Waals surface area contributed by atoms with Gasteiger partial charge in [0.15, 0.2) is 0 Å². The molecule has 33 heavy (non-hydrogen) atoms. The van der Waals surface area contributed by atoms with Crippen LogP contribution in [0.4, 0.5) is 8.78 Å². The van der Waals surface area contributed by atoms with Crippen molar-refractivity contribution in [1.82, 2.24) is 4.90 Å². The van der Waals surface area contributed by atoms with Crippen LogP contribution in [0.3, 0.4) is 0 Å². The fourth-order valence-corrected chi connectivity index (χ4v) is 3.92. The van der Waals surface area contributed by atoms with Crippen molar-refractivity contribution in [2.75, 3.05) is 26.4 Å². The van der Waals surface area contributed by atoms with Crippen LogP contribution in [0.15, 0.2) is 60.7 Å². The maximum atomic E-state index is 14.2. The van der Waals surface area contributed by atoms with E-state index >= 15 is 0 Å². The van der Waals surface area contributed by atoms with Gasteiger partial charge in [0.1, 0.15) is 24.0 Å². The average Bonchev–Trinajstić information content (AvgIpc) is 2.78. The van der Waals surface area contributed by atoms with Crippen LogP contribution in [0.2, 0.25) is 0 Å². The summed E-state index contributed by atoms with van der Waals surface area (Å²) in [5, 5.41) is 9.37. The lowest BCUT2D eigenvalue weighted by Crippen LogP contribution is -2.28. The number of halogens is 2. The van der Waals surface area contributed by atoms with Crippen LogP contribution in [0, 0.1) is 11.6 Å². The number of rotatable bonds is 3. The molecule has 0 fully saturated rings. The lowest BCUT2D eigenvalue weighted by atomic mass is 10.00. The highest BCUT2D eigenvalue weighted by Gasteiger charge is 2.14. The number of carboxylic acid groups (broad SMARTS) is 1. The highest BCUT2D eigenvalue weighted by atomic mass is 19.1. The first-order valence-corrected chi connectivity index (χ1v) is 10.8. The van der Waals surface area contributed by atoms with Gasteiger partial charge in [-0.15, -0.1) is 0 Å². The maximum Gasteiger partial charge on any atom is 0.335 e. The number of aromatic carboxylic acids is 1. The maximum absolute atomic E-state index is 14.2. The molecule has 0 aliphatic carbocycles. The molecule has 7 heteroatoms. The van der Waals surface area contributed by atoms with Crippen LogP contribution in [0.5, 0.6) is 5.75 Å². The van der Waals surface area contributed by atoms with E-state index < -0.39 is 17.6 Å². The Hall–Kier alpha value is -3.29. The number of carboxylic acids is 1. The molecule has 5 nitrogen and oxygen atoms in total. The van der Waals surface area contributed by atoms with Crippen LogP contribution in [0.1, 0.15) is 32.6 Å². The second-order valence-electron chi connectivity index (χ2n) is 8.03. The van der Waals surface area contributed by atoms with Crippen LogP contribution in [-0.2, 0) is 24.2 Å². The Labute approximate surface area is 191 Å². The van der Waals surface area contributed by atoms with E-state index in [1.54, 1.807) is 12.1 Å². The fourth-order valence-electron chi connectivity index (χ4n) is 3.92. The molecule has 3 aromatic rings. The summed E-state index contributed by atoms with van der Waals surface area (Å²) in [6.07, 6.45) is 0.512. The topological polar surface area (TPSA) is 59.0 Å². The Morgan fingerprint density at radius 2 is 1.82 bits per heavy atom. The predicted molar refractivity (Wildman–Crippen MR) is 119 cm³/mol. The highest BCUT2D eigenvalue weighted by molar-refractivity contribution is 5.88. The summed E-state index contributed by atoms with van der Waals surface area (Å²) in [5.41, 5.74) is 3.46. The van der Waals surface area contributed by atoms with Gasteiger partial charge in [0.25, 0.3) is 0 Å². The first kappa shape index (κ1) is 22.9. The lowest BCUT2D eigenvalue weighted by Gasteiger charge is -2.24. The predicted octanol–water partition coefficient (Wildman–Crippen LogP) is 4.67. The Bertz CT molecular complexity index is 1140. The van der Waals surface area contributed by atoms with Crippen molar-refractivity contribution in [2.24, 2.45) is 0 Å². The van der Waals surface area contributed by atoms with Crippen LogP contribution >= 0.6 is 0 Å². The minimum atomic E-state index is -0.988. The molecule has 0 saturated carbocycles. The van der Waals surface area contributed by atoms with Crippen LogP contribution in [-0.4, -0.2) is 42.3 Å². The number of benzene rings is 3. The molecule has 2 bridgehead atoms. The van der Waals surface area contributed by atoms with Gasteiger partial charge in [-0.1, -0.05) is 30.3 Å². The summed E-state index contributed by atoms with van der Waals surface area (Å²) in [6, 6.07) is 16.5. The van der Waals surface area contributed by atoms with Gasteiger partial charge in [-0.2, -0.15) is 0 Å². The van der Waals surface area contributed by atoms with E-state index in [9.17, 15) is 18.7 Å². The summed E-state index contributed by atoms with van der Waals surface area (Å²) in [4.78, 5) is 13.5. The summed E-state index contributed by atoms with van der Waals surface area (Å²) < 4.78 is 39.1. The van der Waals surface area contributed by atoms with Crippen molar-refractivity contribution in [3.8, 4) is 5.75 Å². The van der Waals surface area contributed by atoms with Gasteiger partial charge in [0.05, 0.1) is 18.8 Å². The van der Waals surface area contributed by atoms with Gasteiger partial charge in [-0.25, -0.2) is 13.6 Å². The van der Waals surface area contributed by atoms with E-state index in [0.29, 0.717) is 57.2 Å². The summed E-state index contributed by atoms with van der Waals surface area (Å²) in [5.74, 6) is -1.51. The summed E-state index contributed by atoms with van der Waals surface area (Å²) in [7, 11) is 0. The van der Waals surface area contributed by atoms with E-state index in [1.807, 2.05) is 18.2 Å². The number of fused-ring (bicyclic) bond motifs is 3. The Kier molecular flexibility index (Phi) is 7.32. The third-order valence-electron chi connectivity index (χ3n) is 5.55. The Morgan fingerprint density at radius 3 is 2.64 bits per heavy atom. The minimum absolute atomic E-state index is 0.207. The van der Waals surface area contributed by atoms with Gasteiger partial charge in [0, 0.05) is 37.7 Å². The zero-order chi connectivity index (χ0) is 23.2. The van der Waals surface area contributed by atoms with Crippen molar-refractivity contribution >= 4 is 5.97 Å². The number of carbonyl (C=O) groups is 1. The Balaban J connectivity index is 1.60. The molecule has 0 saturated heterocycles. The molecule has 3 aromatic carbocycles. The van der Waals surface area contributed by atoms with Crippen LogP contribution in [0.25, 0.3) is 0 Å². The molecular weight excluding hydrogens is 428 g/mol. The summed E-state index contributed by atoms with van der Waals surface area (Å²) in [6.45, 7) is 2.57. The van der Waals surface area contributed by atoms with E-state index in [2.05, 4.69) is 11.0 Å². The van der Waals surface area contributed by atoms with E-state index in [-0.39, 0.29) is 5.56 Å². The molecule has 1 N–H and O–H groups in total.